The van der Waals surface area contributed by atoms with E-state index in [1.165, 1.54) is 11.1 Å². The molecule has 0 unspecified atom stereocenters. The smallest absolute Gasteiger partial charge is 0.339 e. The van der Waals surface area contributed by atoms with Gasteiger partial charge in [-0.2, -0.15) is 0 Å². The molecule has 4 nitrogen and oxygen atoms in total. The van der Waals surface area contributed by atoms with Gasteiger partial charge >= 0.3 is 5.63 Å². The van der Waals surface area contributed by atoms with Crippen molar-refractivity contribution in [2.75, 3.05) is 11.6 Å². The van der Waals surface area contributed by atoms with Crippen LogP contribution >= 0.6 is 0 Å². The maximum atomic E-state index is 12.2. The summed E-state index contributed by atoms with van der Waals surface area (Å²) in [5.41, 5.74) is 6.48. The minimum absolute atomic E-state index is 0.276. The second-order valence-electron chi connectivity index (χ2n) is 6.88. The third kappa shape index (κ3) is 2.58. The molecule has 4 heteroatoms. The minimum atomic E-state index is -0.276. The second kappa shape index (κ2) is 5.66. The average molecular weight is 335 g/mol. The van der Waals surface area contributed by atoms with Crippen molar-refractivity contribution >= 4 is 16.7 Å². The van der Waals surface area contributed by atoms with E-state index in [0.29, 0.717) is 24.4 Å². The summed E-state index contributed by atoms with van der Waals surface area (Å²) in [5, 5.41) is 0.974. The molecule has 1 aliphatic heterocycles. The first-order chi connectivity index (χ1) is 11.9. The largest absolute Gasteiger partial charge is 0.473 e. The van der Waals surface area contributed by atoms with Crippen LogP contribution in [0.3, 0.4) is 0 Å². The number of fused-ring (bicyclic) bond motifs is 3. The van der Waals surface area contributed by atoms with E-state index in [0.717, 1.165) is 28.0 Å². The van der Waals surface area contributed by atoms with Crippen molar-refractivity contribution in [3.8, 4) is 5.75 Å². The average Bonchev–Trinajstić information content (AvgIpc) is 2.58. The number of ether oxygens (including phenoxy) is 1. The molecule has 0 radical (unpaired) electrons. The topological polar surface area (TPSA) is 42.7 Å². The van der Waals surface area contributed by atoms with Gasteiger partial charge in [-0.1, -0.05) is 6.07 Å². The number of nitrogens with zero attached hydrogens (tertiary/aromatic N) is 1. The molecule has 1 aromatic heterocycles. The minimum Gasteiger partial charge on any atom is -0.473 e. The molecule has 0 spiro atoms. The Morgan fingerprint density at radius 1 is 0.960 bits per heavy atom. The zero-order chi connectivity index (χ0) is 17.7. The summed E-state index contributed by atoms with van der Waals surface area (Å²) in [6.07, 6.45) is 0. The number of anilines is 1. The van der Waals surface area contributed by atoms with Crippen molar-refractivity contribution < 1.29 is 9.15 Å². The van der Waals surface area contributed by atoms with Gasteiger partial charge in [0.2, 0.25) is 0 Å². The highest BCUT2D eigenvalue weighted by atomic mass is 16.5. The van der Waals surface area contributed by atoms with E-state index in [4.69, 9.17) is 9.15 Å². The number of rotatable bonds is 1. The summed E-state index contributed by atoms with van der Waals surface area (Å²) >= 11 is 0. The summed E-state index contributed by atoms with van der Waals surface area (Å²) in [6.45, 7) is 9.09. The van der Waals surface area contributed by atoms with E-state index < -0.39 is 0 Å². The van der Waals surface area contributed by atoms with Crippen LogP contribution in [0.4, 0.5) is 5.69 Å². The van der Waals surface area contributed by atoms with Gasteiger partial charge in [-0.15, -0.1) is 0 Å². The molecule has 0 saturated heterocycles. The predicted molar refractivity (Wildman–Crippen MR) is 99.6 cm³/mol. The summed E-state index contributed by atoms with van der Waals surface area (Å²) in [4.78, 5) is 14.3. The number of benzene rings is 2. The van der Waals surface area contributed by atoms with Crippen molar-refractivity contribution in [3.63, 3.8) is 0 Å². The molecule has 0 aliphatic carbocycles. The lowest BCUT2D eigenvalue weighted by Crippen LogP contribution is -2.32. The van der Waals surface area contributed by atoms with Crippen LogP contribution in [0.1, 0.15) is 27.8 Å². The van der Waals surface area contributed by atoms with Crippen molar-refractivity contribution in [2.24, 2.45) is 0 Å². The number of hydrogen-bond donors (Lipinski definition) is 0. The Kier molecular flexibility index (Phi) is 3.57. The van der Waals surface area contributed by atoms with Crippen molar-refractivity contribution in [1.29, 1.82) is 0 Å². The van der Waals surface area contributed by atoms with Gasteiger partial charge in [-0.25, -0.2) is 4.79 Å². The summed E-state index contributed by atoms with van der Waals surface area (Å²) < 4.78 is 11.6. The van der Waals surface area contributed by atoms with E-state index in [2.05, 4.69) is 36.9 Å². The van der Waals surface area contributed by atoms with Crippen LogP contribution in [-0.4, -0.2) is 6.73 Å². The lowest BCUT2D eigenvalue weighted by atomic mass is 10.0. The second-order valence-corrected chi connectivity index (χ2v) is 6.88. The highest BCUT2D eigenvalue weighted by molar-refractivity contribution is 5.86. The molecular formula is C21H21NO3. The van der Waals surface area contributed by atoms with Crippen LogP contribution in [-0.2, 0) is 6.54 Å². The first-order valence-electron chi connectivity index (χ1n) is 8.46. The standard InChI is InChI=1S/C21H21NO3/c1-12-7-13(2)9-16(8-12)22-10-18-19(24-11-22)6-5-17-14(3)15(4)21(23)25-20(17)18/h5-9H,10-11H2,1-4H3. The van der Waals surface area contributed by atoms with Crippen LogP contribution in [0, 0.1) is 27.7 Å². The van der Waals surface area contributed by atoms with Gasteiger partial charge in [-0.3, -0.25) is 0 Å². The lowest BCUT2D eigenvalue weighted by Gasteiger charge is -2.31. The van der Waals surface area contributed by atoms with Gasteiger partial charge < -0.3 is 14.1 Å². The molecular weight excluding hydrogens is 314 g/mol. The third-order valence-corrected chi connectivity index (χ3v) is 4.98. The van der Waals surface area contributed by atoms with E-state index in [-0.39, 0.29) is 5.63 Å². The molecule has 2 heterocycles. The van der Waals surface area contributed by atoms with Crippen LogP contribution in [0.2, 0.25) is 0 Å². The molecule has 0 saturated carbocycles. The van der Waals surface area contributed by atoms with Crippen LogP contribution < -0.4 is 15.3 Å². The first-order valence-corrected chi connectivity index (χ1v) is 8.46. The van der Waals surface area contributed by atoms with Crippen molar-refractivity contribution in [2.45, 2.75) is 34.2 Å². The van der Waals surface area contributed by atoms with Crippen LogP contribution in [0.25, 0.3) is 11.0 Å². The predicted octanol–water partition coefficient (Wildman–Crippen LogP) is 4.38. The highest BCUT2D eigenvalue weighted by Gasteiger charge is 2.23. The zero-order valence-electron chi connectivity index (χ0n) is 15.0. The lowest BCUT2D eigenvalue weighted by molar-refractivity contribution is 0.289. The maximum absolute atomic E-state index is 12.2. The van der Waals surface area contributed by atoms with Gasteiger partial charge in [-0.05, 0) is 68.7 Å². The Hall–Kier alpha value is -2.75. The number of hydrogen-bond acceptors (Lipinski definition) is 4. The molecule has 2 aromatic carbocycles. The van der Waals surface area contributed by atoms with Gasteiger partial charge in [0, 0.05) is 16.6 Å². The van der Waals surface area contributed by atoms with E-state index in [1.54, 1.807) is 6.92 Å². The summed E-state index contributed by atoms with van der Waals surface area (Å²) in [5.74, 6) is 0.791. The molecule has 3 aromatic rings. The molecule has 0 atom stereocenters. The Balaban J connectivity index is 1.86. The Bertz CT molecular complexity index is 1030. The maximum Gasteiger partial charge on any atom is 0.339 e. The van der Waals surface area contributed by atoms with Gasteiger partial charge in [0.25, 0.3) is 0 Å². The summed E-state index contributed by atoms with van der Waals surface area (Å²) in [7, 11) is 0. The van der Waals surface area contributed by atoms with Crippen molar-refractivity contribution in [1.82, 2.24) is 0 Å². The van der Waals surface area contributed by atoms with Crippen LogP contribution in [0.15, 0.2) is 39.5 Å². The Labute approximate surface area is 146 Å². The quantitative estimate of drug-likeness (QED) is 0.619. The third-order valence-electron chi connectivity index (χ3n) is 4.98. The van der Waals surface area contributed by atoms with Gasteiger partial charge in [0.1, 0.15) is 11.3 Å². The van der Waals surface area contributed by atoms with Crippen molar-refractivity contribution in [3.05, 3.63) is 68.6 Å². The SMILES string of the molecule is Cc1cc(C)cc(N2COc3ccc4c(C)c(C)c(=O)oc4c3C2)c1. The Morgan fingerprint density at radius 2 is 1.68 bits per heavy atom. The molecule has 25 heavy (non-hydrogen) atoms. The highest BCUT2D eigenvalue weighted by Crippen LogP contribution is 2.35. The van der Waals surface area contributed by atoms with E-state index in [1.807, 2.05) is 19.1 Å². The Morgan fingerprint density at radius 3 is 2.40 bits per heavy atom. The monoisotopic (exact) mass is 335 g/mol. The zero-order valence-corrected chi connectivity index (χ0v) is 15.0. The molecule has 0 N–H and O–H groups in total. The fraction of sp³-hybridized carbons (Fsp3) is 0.286. The summed E-state index contributed by atoms with van der Waals surface area (Å²) in [6, 6.07) is 10.4. The molecule has 0 bridgehead atoms. The fourth-order valence-corrected chi connectivity index (χ4v) is 3.51. The van der Waals surface area contributed by atoms with Crippen LogP contribution in [0.5, 0.6) is 5.75 Å². The van der Waals surface area contributed by atoms with Gasteiger partial charge in [0.15, 0.2) is 6.73 Å². The van der Waals surface area contributed by atoms with E-state index >= 15 is 0 Å². The molecule has 128 valence electrons. The van der Waals surface area contributed by atoms with E-state index in [9.17, 15) is 4.79 Å². The molecule has 1 aliphatic rings. The molecule has 0 fully saturated rings. The van der Waals surface area contributed by atoms with Gasteiger partial charge in [0.05, 0.1) is 12.1 Å². The fourth-order valence-electron chi connectivity index (χ4n) is 3.51. The molecule has 0 amide bonds. The normalized spacial score (nSPS) is 13.7. The number of aryl methyl sites for hydroxylation is 3. The first kappa shape index (κ1) is 15.8. The molecule has 4 rings (SSSR count).